The Morgan fingerprint density at radius 3 is 1.85 bits per heavy atom. The molecule has 47 heavy (non-hydrogen) atoms. The summed E-state index contributed by atoms with van der Waals surface area (Å²) in [7, 11) is 2.13. The van der Waals surface area contributed by atoms with E-state index in [1.807, 2.05) is 11.3 Å². The third kappa shape index (κ3) is 5.10. The summed E-state index contributed by atoms with van der Waals surface area (Å²) in [4.78, 5) is 3.63. The minimum absolute atomic E-state index is 1.04. The number of para-hydroxylation sites is 1. The summed E-state index contributed by atoms with van der Waals surface area (Å²) in [5.74, 6) is 0. The Kier molecular flexibility index (Phi) is 7.59. The standard InChI is InChI=1S/C45H37NS/c1-4-6-22-44-35(5-2)41-21-13-20-36(45(41)47-44)32-24-26-40-39-25-23-31(28-42(39)37-18-10-11-19-38(37)43(40)29-32)30-14-12-17-34(27-30)46(3)33-15-8-7-9-16-33/h6-29H,4-5H2,1-3H3/b22-6-. The van der Waals surface area contributed by atoms with Crippen LogP contribution in [-0.2, 0) is 6.42 Å². The summed E-state index contributed by atoms with van der Waals surface area (Å²) in [6.45, 7) is 4.48. The van der Waals surface area contributed by atoms with Gasteiger partial charge in [0.15, 0.2) is 0 Å². The number of rotatable bonds is 7. The lowest BCUT2D eigenvalue weighted by molar-refractivity contribution is 1.16. The van der Waals surface area contributed by atoms with Gasteiger partial charge in [-0.1, -0.05) is 117 Å². The zero-order chi connectivity index (χ0) is 31.9. The molecule has 0 atom stereocenters. The first-order valence-corrected chi connectivity index (χ1v) is 17.4. The van der Waals surface area contributed by atoms with Gasteiger partial charge in [-0.3, -0.25) is 0 Å². The predicted molar refractivity (Wildman–Crippen MR) is 208 cm³/mol. The normalized spacial score (nSPS) is 11.8. The molecule has 1 aromatic heterocycles. The van der Waals surface area contributed by atoms with Crippen molar-refractivity contribution in [3.63, 3.8) is 0 Å². The molecule has 8 rings (SSSR count). The molecule has 0 aliphatic rings. The average Bonchev–Trinajstić information content (AvgIpc) is 3.51. The molecule has 0 aliphatic carbocycles. The van der Waals surface area contributed by atoms with Crippen LogP contribution in [0.5, 0.6) is 0 Å². The first-order valence-electron chi connectivity index (χ1n) is 16.6. The lowest BCUT2D eigenvalue weighted by Crippen LogP contribution is -2.08. The number of hydrogen-bond acceptors (Lipinski definition) is 2. The van der Waals surface area contributed by atoms with E-state index in [4.69, 9.17) is 0 Å². The second-order valence-electron chi connectivity index (χ2n) is 12.3. The average molecular weight is 624 g/mol. The zero-order valence-electron chi connectivity index (χ0n) is 27.1. The maximum atomic E-state index is 2.43. The van der Waals surface area contributed by atoms with E-state index >= 15 is 0 Å². The van der Waals surface area contributed by atoms with Crippen molar-refractivity contribution in [1.82, 2.24) is 0 Å². The highest BCUT2D eigenvalue weighted by Crippen LogP contribution is 2.43. The van der Waals surface area contributed by atoms with Crippen LogP contribution in [0.25, 0.3) is 70.7 Å². The number of thiophene rings is 1. The van der Waals surface area contributed by atoms with Crippen LogP contribution < -0.4 is 4.90 Å². The smallest absolute Gasteiger partial charge is 0.0430 e. The Morgan fingerprint density at radius 1 is 0.532 bits per heavy atom. The van der Waals surface area contributed by atoms with Crippen LogP contribution >= 0.6 is 11.3 Å². The van der Waals surface area contributed by atoms with E-state index in [9.17, 15) is 0 Å². The summed E-state index contributed by atoms with van der Waals surface area (Å²) >= 11 is 1.93. The van der Waals surface area contributed by atoms with Gasteiger partial charge in [0.2, 0.25) is 0 Å². The van der Waals surface area contributed by atoms with Crippen LogP contribution in [0.1, 0.15) is 30.7 Å². The number of nitrogens with zero attached hydrogens (tertiary/aromatic N) is 1. The molecule has 0 saturated carbocycles. The molecule has 0 radical (unpaired) electrons. The highest BCUT2D eigenvalue weighted by molar-refractivity contribution is 7.20. The summed E-state index contributed by atoms with van der Waals surface area (Å²) in [6.07, 6.45) is 6.69. The first kappa shape index (κ1) is 29.2. The molecule has 2 heteroatoms. The lowest BCUT2D eigenvalue weighted by atomic mass is 9.90. The van der Waals surface area contributed by atoms with Crippen molar-refractivity contribution >= 4 is 71.2 Å². The van der Waals surface area contributed by atoms with Crippen LogP contribution in [0.4, 0.5) is 11.4 Å². The summed E-state index contributed by atoms with van der Waals surface area (Å²) in [5.41, 5.74) is 8.85. The maximum absolute atomic E-state index is 2.43. The molecular formula is C45H37NS. The minimum Gasteiger partial charge on any atom is -0.345 e. The SMILES string of the molecule is CC/C=C\c1sc2c(-c3ccc4c5ccc(-c6cccc(N(C)c7ccccc7)c6)cc5c5ccccc5c4c3)cccc2c1CC. The second kappa shape index (κ2) is 12.2. The van der Waals surface area contributed by atoms with Gasteiger partial charge < -0.3 is 4.90 Å². The lowest BCUT2D eigenvalue weighted by Gasteiger charge is -2.20. The molecule has 0 fully saturated rings. The number of aryl methyl sites for hydroxylation is 1. The van der Waals surface area contributed by atoms with Crippen LogP contribution in [-0.4, -0.2) is 7.05 Å². The van der Waals surface area contributed by atoms with Gasteiger partial charge in [0, 0.05) is 28.0 Å². The molecular weight excluding hydrogens is 587 g/mol. The number of benzene rings is 7. The number of hydrogen-bond donors (Lipinski definition) is 0. The monoisotopic (exact) mass is 623 g/mol. The largest absolute Gasteiger partial charge is 0.345 e. The Hall–Kier alpha value is -5.18. The molecule has 7 aromatic carbocycles. The summed E-state index contributed by atoms with van der Waals surface area (Å²) in [6, 6.07) is 49.2. The molecule has 0 aliphatic heterocycles. The van der Waals surface area contributed by atoms with Crippen molar-refractivity contribution in [1.29, 1.82) is 0 Å². The molecule has 0 unspecified atom stereocenters. The molecule has 0 N–H and O–H groups in total. The first-order chi connectivity index (χ1) is 23.1. The van der Waals surface area contributed by atoms with Gasteiger partial charge in [0.1, 0.15) is 0 Å². The fraction of sp³-hybridized carbons (Fsp3) is 0.111. The van der Waals surface area contributed by atoms with Gasteiger partial charge in [-0.05, 0) is 121 Å². The van der Waals surface area contributed by atoms with E-state index in [2.05, 4.69) is 171 Å². The van der Waals surface area contributed by atoms with Crippen molar-refractivity contribution in [2.75, 3.05) is 11.9 Å². The van der Waals surface area contributed by atoms with Crippen molar-refractivity contribution in [3.8, 4) is 22.3 Å². The van der Waals surface area contributed by atoms with Gasteiger partial charge in [-0.15, -0.1) is 11.3 Å². The van der Waals surface area contributed by atoms with Gasteiger partial charge in [0.05, 0.1) is 0 Å². The van der Waals surface area contributed by atoms with Gasteiger partial charge in [0.25, 0.3) is 0 Å². The van der Waals surface area contributed by atoms with E-state index in [-0.39, 0.29) is 0 Å². The van der Waals surface area contributed by atoms with E-state index in [0.717, 1.165) is 12.8 Å². The van der Waals surface area contributed by atoms with Crippen LogP contribution in [0.15, 0.2) is 140 Å². The Bertz CT molecular complexity index is 2430. The Balaban J connectivity index is 1.27. The topological polar surface area (TPSA) is 3.24 Å². The summed E-state index contributed by atoms with van der Waals surface area (Å²) in [5, 5.41) is 9.17. The number of anilines is 2. The molecule has 0 bridgehead atoms. The summed E-state index contributed by atoms with van der Waals surface area (Å²) < 4.78 is 1.38. The number of fused-ring (bicyclic) bond motifs is 7. The van der Waals surface area contributed by atoms with E-state index in [1.165, 1.54) is 86.5 Å². The highest BCUT2D eigenvalue weighted by atomic mass is 32.1. The quantitative estimate of drug-likeness (QED) is 0.160. The van der Waals surface area contributed by atoms with E-state index in [0.29, 0.717) is 0 Å². The van der Waals surface area contributed by atoms with Gasteiger partial charge in [-0.2, -0.15) is 0 Å². The van der Waals surface area contributed by atoms with Crippen LogP contribution in [0, 0.1) is 0 Å². The highest BCUT2D eigenvalue weighted by Gasteiger charge is 2.16. The minimum atomic E-state index is 1.04. The fourth-order valence-electron chi connectivity index (χ4n) is 7.14. The second-order valence-corrected chi connectivity index (χ2v) is 13.4. The third-order valence-electron chi connectivity index (χ3n) is 9.57. The fourth-order valence-corrected chi connectivity index (χ4v) is 8.50. The maximum Gasteiger partial charge on any atom is 0.0430 e. The van der Waals surface area contributed by atoms with Crippen LogP contribution in [0.2, 0.25) is 0 Å². The third-order valence-corrected chi connectivity index (χ3v) is 10.8. The van der Waals surface area contributed by atoms with Gasteiger partial charge in [-0.25, -0.2) is 0 Å². The Labute approximate surface area is 281 Å². The molecule has 0 spiro atoms. The van der Waals surface area contributed by atoms with Gasteiger partial charge >= 0.3 is 0 Å². The number of allylic oxidation sites excluding steroid dienone is 1. The van der Waals surface area contributed by atoms with E-state index in [1.54, 1.807) is 0 Å². The molecule has 0 amide bonds. The van der Waals surface area contributed by atoms with Crippen LogP contribution in [0.3, 0.4) is 0 Å². The molecule has 1 nitrogen and oxygen atoms in total. The molecule has 0 saturated heterocycles. The molecule has 1 heterocycles. The Morgan fingerprint density at radius 2 is 1.13 bits per heavy atom. The van der Waals surface area contributed by atoms with E-state index < -0.39 is 0 Å². The van der Waals surface area contributed by atoms with Crippen molar-refractivity contribution < 1.29 is 0 Å². The predicted octanol–water partition coefficient (Wildman–Crippen LogP) is 13.4. The molecule has 228 valence electrons. The van der Waals surface area contributed by atoms with Crippen molar-refractivity contribution in [2.45, 2.75) is 26.7 Å². The zero-order valence-corrected chi connectivity index (χ0v) is 27.9. The molecule has 8 aromatic rings. The van der Waals surface area contributed by atoms with Crippen molar-refractivity contribution in [2.24, 2.45) is 0 Å². The van der Waals surface area contributed by atoms with Crippen molar-refractivity contribution in [3.05, 3.63) is 150 Å².